The molecule has 170 valence electrons. The van der Waals surface area contributed by atoms with Crippen molar-refractivity contribution in [2.75, 3.05) is 18.6 Å². The topological polar surface area (TPSA) is 89.2 Å². The number of ether oxygens (including phenoxy) is 2. The van der Waals surface area contributed by atoms with E-state index < -0.39 is 17.7 Å². The molecule has 0 saturated carbocycles. The standard InChI is InChI=1S/C26H25NO6/c1-4-14-32-20-7-5-6-17(15-20)24(28)22-23(21-13-8-16(2)33-21)27(26(30)25(22)29)18-9-11-19(31-3)12-10-18/h5-13,15,23,28H,4,14H2,1-3H3/b24-22-. The van der Waals surface area contributed by atoms with Crippen molar-refractivity contribution in [2.45, 2.75) is 26.3 Å². The largest absolute Gasteiger partial charge is 0.507 e. The number of hydrogen-bond acceptors (Lipinski definition) is 6. The number of amides is 1. The molecule has 33 heavy (non-hydrogen) atoms. The number of rotatable bonds is 7. The lowest BCUT2D eigenvalue weighted by atomic mass is 9.99. The minimum atomic E-state index is -0.924. The first kappa shape index (κ1) is 22.2. The lowest BCUT2D eigenvalue weighted by molar-refractivity contribution is -0.132. The first-order valence-corrected chi connectivity index (χ1v) is 10.7. The maximum Gasteiger partial charge on any atom is 0.300 e. The number of aryl methyl sites for hydroxylation is 1. The van der Waals surface area contributed by atoms with Gasteiger partial charge < -0.3 is 19.0 Å². The monoisotopic (exact) mass is 447 g/mol. The average Bonchev–Trinajstić information content (AvgIpc) is 3.38. The number of aliphatic hydroxyl groups is 1. The average molecular weight is 447 g/mol. The van der Waals surface area contributed by atoms with Gasteiger partial charge in [-0.3, -0.25) is 14.5 Å². The number of Topliss-reactive ketones (excluding diaryl/α,β-unsaturated/α-hetero) is 1. The van der Waals surface area contributed by atoms with E-state index in [1.54, 1.807) is 74.7 Å². The van der Waals surface area contributed by atoms with Gasteiger partial charge in [-0.05, 0) is 61.9 Å². The second-order valence-electron chi connectivity index (χ2n) is 7.69. The number of benzene rings is 2. The maximum absolute atomic E-state index is 13.2. The summed E-state index contributed by atoms with van der Waals surface area (Å²) in [6.07, 6.45) is 0.834. The van der Waals surface area contributed by atoms with Crippen LogP contribution in [0.15, 0.2) is 70.7 Å². The van der Waals surface area contributed by atoms with E-state index >= 15 is 0 Å². The highest BCUT2D eigenvalue weighted by atomic mass is 16.5. The van der Waals surface area contributed by atoms with Crippen molar-refractivity contribution < 1.29 is 28.6 Å². The molecular weight excluding hydrogens is 422 g/mol. The zero-order chi connectivity index (χ0) is 23.5. The maximum atomic E-state index is 13.2. The predicted octanol–water partition coefficient (Wildman–Crippen LogP) is 5.01. The number of furan rings is 1. The van der Waals surface area contributed by atoms with E-state index in [-0.39, 0.29) is 11.3 Å². The van der Waals surface area contributed by atoms with Crippen LogP contribution in [0.25, 0.3) is 5.76 Å². The smallest absolute Gasteiger partial charge is 0.300 e. The number of anilines is 1. The Kier molecular flexibility index (Phi) is 6.22. The third-order valence-corrected chi connectivity index (χ3v) is 5.41. The molecule has 1 fully saturated rings. The van der Waals surface area contributed by atoms with Crippen molar-refractivity contribution in [3.63, 3.8) is 0 Å². The summed E-state index contributed by atoms with van der Waals surface area (Å²) in [5.74, 6) is 0.356. The van der Waals surface area contributed by atoms with Gasteiger partial charge in [-0.2, -0.15) is 0 Å². The Morgan fingerprint density at radius 1 is 1.06 bits per heavy atom. The Bertz CT molecular complexity index is 1210. The van der Waals surface area contributed by atoms with Gasteiger partial charge in [-0.25, -0.2) is 0 Å². The van der Waals surface area contributed by atoms with Crippen LogP contribution in [0.5, 0.6) is 11.5 Å². The van der Waals surface area contributed by atoms with Crippen LogP contribution >= 0.6 is 0 Å². The van der Waals surface area contributed by atoms with Gasteiger partial charge in [0, 0.05) is 11.3 Å². The van der Waals surface area contributed by atoms with Crippen LogP contribution in [-0.2, 0) is 9.59 Å². The molecule has 1 N–H and O–H groups in total. The molecule has 4 rings (SSSR count). The summed E-state index contributed by atoms with van der Waals surface area (Å²) in [5, 5.41) is 11.2. The van der Waals surface area contributed by atoms with Crippen LogP contribution in [0.4, 0.5) is 5.69 Å². The van der Waals surface area contributed by atoms with Gasteiger partial charge in [0.05, 0.1) is 19.3 Å². The zero-order valence-corrected chi connectivity index (χ0v) is 18.7. The zero-order valence-electron chi connectivity index (χ0n) is 18.7. The Morgan fingerprint density at radius 2 is 1.82 bits per heavy atom. The van der Waals surface area contributed by atoms with Gasteiger partial charge in [0.15, 0.2) is 0 Å². The highest BCUT2D eigenvalue weighted by Gasteiger charge is 2.48. The number of nitrogens with zero attached hydrogens (tertiary/aromatic N) is 1. The molecule has 7 heteroatoms. The van der Waals surface area contributed by atoms with E-state index in [1.165, 1.54) is 4.90 Å². The molecule has 1 aliphatic rings. The van der Waals surface area contributed by atoms with Gasteiger partial charge in [-0.15, -0.1) is 0 Å². The van der Waals surface area contributed by atoms with Crippen molar-refractivity contribution in [1.82, 2.24) is 0 Å². The van der Waals surface area contributed by atoms with Gasteiger partial charge in [0.25, 0.3) is 11.7 Å². The highest BCUT2D eigenvalue weighted by molar-refractivity contribution is 6.51. The molecule has 0 aliphatic carbocycles. The molecule has 1 atom stereocenters. The Labute approximate surface area is 191 Å². The predicted molar refractivity (Wildman–Crippen MR) is 123 cm³/mol. The molecule has 0 bridgehead atoms. The number of methoxy groups -OCH3 is 1. The second-order valence-corrected chi connectivity index (χ2v) is 7.69. The number of aliphatic hydroxyl groups excluding tert-OH is 1. The minimum absolute atomic E-state index is 0.0437. The SMILES string of the molecule is CCCOc1cccc(/C(O)=C2/C(=O)C(=O)N(c3ccc(OC)cc3)C2c2ccc(C)o2)c1. The van der Waals surface area contributed by atoms with E-state index in [0.717, 1.165) is 6.42 Å². The molecule has 1 aliphatic heterocycles. The van der Waals surface area contributed by atoms with Crippen molar-refractivity contribution in [3.05, 3.63) is 83.3 Å². The summed E-state index contributed by atoms with van der Waals surface area (Å²) < 4.78 is 16.7. The summed E-state index contributed by atoms with van der Waals surface area (Å²) in [5.41, 5.74) is 0.818. The lowest BCUT2D eigenvalue weighted by Gasteiger charge is -2.23. The number of carbonyl (C=O) groups excluding carboxylic acids is 2. The van der Waals surface area contributed by atoms with Gasteiger partial charge >= 0.3 is 0 Å². The van der Waals surface area contributed by atoms with Crippen LogP contribution in [-0.4, -0.2) is 30.5 Å². The Balaban J connectivity index is 1.85. The van der Waals surface area contributed by atoms with Crippen molar-refractivity contribution in [1.29, 1.82) is 0 Å². The van der Waals surface area contributed by atoms with Gasteiger partial charge in [0.1, 0.15) is 34.8 Å². The van der Waals surface area contributed by atoms with E-state index in [1.807, 2.05) is 6.92 Å². The Hall–Kier alpha value is -4.00. The normalized spacial score (nSPS) is 17.4. The molecule has 1 aromatic heterocycles. The summed E-state index contributed by atoms with van der Waals surface area (Å²) in [6, 6.07) is 16.1. The fourth-order valence-electron chi connectivity index (χ4n) is 3.82. The summed E-state index contributed by atoms with van der Waals surface area (Å²) >= 11 is 0. The molecule has 0 spiro atoms. The third-order valence-electron chi connectivity index (χ3n) is 5.41. The molecular formula is C26H25NO6. The molecule has 7 nitrogen and oxygen atoms in total. The quantitative estimate of drug-likeness (QED) is 0.311. The highest BCUT2D eigenvalue weighted by Crippen LogP contribution is 2.43. The van der Waals surface area contributed by atoms with Crippen molar-refractivity contribution in [3.8, 4) is 11.5 Å². The van der Waals surface area contributed by atoms with Crippen LogP contribution < -0.4 is 14.4 Å². The number of carbonyl (C=O) groups is 2. The lowest BCUT2D eigenvalue weighted by Crippen LogP contribution is -2.29. The molecule has 1 amide bonds. The van der Waals surface area contributed by atoms with E-state index in [4.69, 9.17) is 13.9 Å². The van der Waals surface area contributed by atoms with E-state index in [9.17, 15) is 14.7 Å². The fourth-order valence-corrected chi connectivity index (χ4v) is 3.82. The molecule has 2 aromatic carbocycles. The van der Waals surface area contributed by atoms with Crippen LogP contribution in [0, 0.1) is 6.92 Å². The fraction of sp³-hybridized carbons (Fsp3) is 0.231. The van der Waals surface area contributed by atoms with Crippen LogP contribution in [0.3, 0.4) is 0 Å². The molecule has 0 radical (unpaired) electrons. The summed E-state index contributed by atoms with van der Waals surface area (Å²) in [6.45, 7) is 4.30. The first-order chi connectivity index (χ1) is 15.9. The van der Waals surface area contributed by atoms with Crippen LogP contribution in [0.2, 0.25) is 0 Å². The third kappa shape index (κ3) is 4.22. The number of ketones is 1. The summed E-state index contributed by atoms with van der Waals surface area (Å²) in [7, 11) is 1.55. The number of hydrogen-bond donors (Lipinski definition) is 1. The van der Waals surface area contributed by atoms with Crippen LogP contribution in [0.1, 0.15) is 36.5 Å². The van der Waals surface area contributed by atoms with Crippen molar-refractivity contribution in [2.24, 2.45) is 0 Å². The van der Waals surface area contributed by atoms with Gasteiger partial charge in [-0.1, -0.05) is 19.1 Å². The van der Waals surface area contributed by atoms with Gasteiger partial charge in [0.2, 0.25) is 0 Å². The molecule has 1 unspecified atom stereocenters. The molecule has 2 heterocycles. The summed E-state index contributed by atoms with van der Waals surface area (Å²) in [4.78, 5) is 27.6. The molecule has 3 aromatic rings. The first-order valence-electron chi connectivity index (χ1n) is 10.7. The van der Waals surface area contributed by atoms with Crippen molar-refractivity contribution >= 4 is 23.1 Å². The minimum Gasteiger partial charge on any atom is -0.507 e. The Morgan fingerprint density at radius 3 is 2.45 bits per heavy atom. The second kappa shape index (κ2) is 9.24. The van der Waals surface area contributed by atoms with E-state index in [2.05, 4.69) is 0 Å². The van der Waals surface area contributed by atoms with E-state index in [0.29, 0.717) is 40.9 Å². The molecule has 1 saturated heterocycles.